The number of hydrogen-bond donors (Lipinski definition) is 2. The van der Waals surface area contributed by atoms with Gasteiger partial charge in [0.25, 0.3) is 0 Å². The van der Waals surface area contributed by atoms with Crippen LogP contribution in [0.5, 0.6) is 5.75 Å². The molecule has 2 aromatic heterocycles. The van der Waals surface area contributed by atoms with Gasteiger partial charge in [0.15, 0.2) is 0 Å². The minimum atomic E-state index is -0.160. The van der Waals surface area contributed by atoms with Crippen LogP contribution in [-0.4, -0.2) is 32.7 Å². The predicted octanol–water partition coefficient (Wildman–Crippen LogP) is 1.28. The molecule has 2 N–H and O–H groups in total. The summed E-state index contributed by atoms with van der Waals surface area (Å²) < 4.78 is 5.35. The van der Waals surface area contributed by atoms with Crippen molar-refractivity contribution in [3.8, 4) is 17.1 Å². The second-order valence-electron chi connectivity index (χ2n) is 4.31. The van der Waals surface area contributed by atoms with Gasteiger partial charge in [-0.2, -0.15) is 5.21 Å². The smallest absolute Gasteiger partial charge is 0.248 e. The van der Waals surface area contributed by atoms with Gasteiger partial charge in [-0.1, -0.05) is 6.92 Å². The fraction of sp³-hybridized carbons (Fsp3) is 0.231. The number of H-pyrrole nitrogens is 2. The summed E-state index contributed by atoms with van der Waals surface area (Å²) in [5.74, 6) is 0.971. The Kier molecular flexibility index (Phi) is 2.94. The van der Waals surface area contributed by atoms with Crippen molar-refractivity contribution in [1.29, 1.82) is 0 Å². The van der Waals surface area contributed by atoms with E-state index in [1.165, 1.54) is 0 Å². The van der Waals surface area contributed by atoms with Crippen LogP contribution in [0.2, 0.25) is 0 Å². The largest absolute Gasteiger partial charge is 0.496 e. The van der Waals surface area contributed by atoms with Gasteiger partial charge in [0.1, 0.15) is 5.75 Å². The van der Waals surface area contributed by atoms with Crippen molar-refractivity contribution in [1.82, 2.24) is 25.6 Å². The van der Waals surface area contributed by atoms with E-state index in [2.05, 4.69) is 25.6 Å². The van der Waals surface area contributed by atoms with Crippen LogP contribution in [0.4, 0.5) is 0 Å². The van der Waals surface area contributed by atoms with Crippen molar-refractivity contribution in [2.24, 2.45) is 0 Å². The molecule has 0 bridgehead atoms. The van der Waals surface area contributed by atoms with Crippen LogP contribution >= 0.6 is 0 Å². The molecule has 1 aromatic carbocycles. The summed E-state index contributed by atoms with van der Waals surface area (Å²) in [7, 11) is 1.56. The number of fused-ring (bicyclic) bond motifs is 1. The Morgan fingerprint density at radius 3 is 2.85 bits per heavy atom. The molecule has 2 heterocycles. The normalized spacial score (nSPS) is 10.9. The monoisotopic (exact) mass is 271 g/mol. The number of methoxy groups -OCH3 is 1. The molecule has 0 aliphatic heterocycles. The standard InChI is InChI=1S/C13H13N5O2/c1-3-7-6-10(19)14-12-8(7)4-5-9(20-2)11(12)13-15-17-18-16-13/h4-6H,3H2,1-2H3,(H,14,19)(H,15,16,17,18). The maximum Gasteiger partial charge on any atom is 0.248 e. The first-order valence-electron chi connectivity index (χ1n) is 6.21. The molecule has 3 rings (SSSR count). The van der Waals surface area contributed by atoms with Gasteiger partial charge in [0, 0.05) is 11.5 Å². The molecule has 0 unspecified atom stereocenters. The molecule has 3 aromatic rings. The summed E-state index contributed by atoms with van der Waals surface area (Å²) in [4.78, 5) is 14.7. The van der Waals surface area contributed by atoms with Gasteiger partial charge in [-0.25, -0.2) is 0 Å². The van der Waals surface area contributed by atoms with Crippen molar-refractivity contribution < 1.29 is 4.74 Å². The molecule has 0 saturated heterocycles. The van der Waals surface area contributed by atoms with E-state index in [0.717, 1.165) is 17.4 Å². The van der Waals surface area contributed by atoms with Gasteiger partial charge < -0.3 is 9.72 Å². The fourth-order valence-electron chi connectivity index (χ4n) is 2.33. The Morgan fingerprint density at radius 2 is 2.20 bits per heavy atom. The number of aromatic amines is 2. The molecule has 102 valence electrons. The first-order chi connectivity index (χ1) is 9.74. The minimum Gasteiger partial charge on any atom is -0.496 e. The quantitative estimate of drug-likeness (QED) is 0.748. The molecule has 0 saturated carbocycles. The summed E-state index contributed by atoms with van der Waals surface area (Å²) in [6.45, 7) is 2.01. The van der Waals surface area contributed by atoms with Gasteiger partial charge in [0.05, 0.1) is 18.2 Å². The third-order valence-corrected chi connectivity index (χ3v) is 3.24. The lowest BCUT2D eigenvalue weighted by Crippen LogP contribution is -2.07. The first kappa shape index (κ1) is 12.3. The molecule has 0 amide bonds. The maximum absolute atomic E-state index is 11.8. The van der Waals surface area contributed by atoms with Gasteiger partial charge in [-0.15, -0.1) is 10.2 Å². The Balaban J connectivity index is 2.46. The third-order valence-electron chi connectivity index (χ3n) is 3.24. The van der Waals surface area contributed by atoms with Gasteiger partial charge >= 0.3 is 0 Å². The van der Waals surface area contributed by atoms with Crippen molar-refractivity contribution in [2.45, 2.75) is 13.3 Å². The Bertz CT molecular complexity index is 807. The summed E-state index contributed by atoms with van der Waals surface area (Å²) in [5.41, 5.74) is 2.10. The molecule has 20 heavy (non-hydrogen) atoms. The highest BCUT2D eigenvalue weighted by Gasteiger charge is 2.17. The minimum absolute atomic E-state index is 0.160. The average molecular weight is 271 g/mol. The molecular weight excluding hydrogens is 258 g/mol. The molecule has 0 fully saturated rings. The average Bonchev–Trinajstić information content (AvgIpc) is 2.98. The highest BCUT2D eigenvalue weighted by Crippen LogP contribution is 2.34. The molecule has 0 radical (unpaired) electrons. The molecule has 0 aliphatic carbocycles. The van der Waals surface area contributed by atoms with Crippen LogP contribution in [0.1, 0.15) is 12.5 Å². The lowest BCUT2D eigenvalue weighted by atomic mass is 10.0. The van der Waals surface area contributed by atoms with Crippen LogP contribution in [0.25, 0.3) is 22.3 Å². The lowest BCUT2D eigenvalue weighted by Gasteiger charge is -2.11. The Morgan fingerprint density at radius 1 is 1.35 bits per heavy atom. The van der Waals surface area contributed by atoms with Gasteiger partial charge in [0.2, 0.25) is 11.4 Å². The fourth-order valence-corrected chi connectivity index (χ4v) is 2.33. The van der Waals surface area contributed by atoms with E-state index in [4.69, 9.17) is 4.74 Å². The van der Waals surface area contributed by atoms with Crippen LogP contribution in [0.15, 0.2) is 23.0 Å². The lowest BCUT2D eigenvalue weighted by molar-refractivity contribution is 0.416. The van der Waals surface area contributed by atoms with E-state index in [-0.39, 0.29) is 5.56 Å². The number of pyridine rings is 1. The zero-order chi connectivity index (χ0) is 14.1. The van der Waals surface area contributed by atoms with E-state index in [1.807, 2.05) is 19.1 Å². The zero-order valence-corrected chi connectivity index (χ0v) is 11.1. The zero-order valence-electron chi connectivity index (χ0n) is 11.1. The van der Waals surface area contributed by atoms with E-state index in [9.17, 15) is 4.79 Å². The Labute approximate surface area is 114 Å². The number of aryl methyl sites for hydroxylation is 1. The van der Waals surface area contributed by atoms with Crippen LogP contribution in [-0.2, 0) is 6.42 Å². The third kappa shape index (κ3) is 1.83. The second-order valence-corrected chi connectivity index (χ2v) is 4.31. The summed E-state index contributed by atoms with van der Waals surface area (Å²) in [6, 6.07) is 5.37. The molecular formula is C13H13N5O2. The van der Waals surface area contributed by atoms with Crippen LogP contribution in [0.3, 0.4) is 0 Å². The number of benzene rings is 1. The van der Waals surface area contributed by atoms with Gasteiger partial charge in [-0.3, -0.25) is 4.79 Å². The Hall–Kier alpha value is -2.70. The van der Waals surface area contributed by atoms with Crippen LogP contribution < -0.4 is 10.3 Å². The van der Waals surface area contributed by atoms with E-state index in [0.29, 0.717) is 22.7 Å². The topological polar surface area (TPSA) is 96.6 Å². The van der Waals surface area contributed by atoms with Crippen molar-refractivity contribution in [2.75, 3.05) is 7.11 Å². The molecule has 7 heteroatoms. The van der Waals surface area contributed by atoms with Crippen LogP contribution in [0, 0.1) is 0 Å². The highest BCUT2D eigenvalue weighted by atomic mass is 16.5. The number of aromatic nitrogens is 5. The predicted molar refractivity (Wildman–Crippen MR) is 73.7 cm³/mol. The molecule has 0 aliphatic rings. The van der Waals surface area contributed by atoms with Crippen molar-refractivity contribution in [3.05, 3.63) is 34.1 Å². The number of nitrogens with one attached hydrogen (secondary N) is 2. The second kappa shape index (κ2) is 4.76. The molecule has 0 atom stereocenters. The molecule has 7 nitrogen and oxygen atoms in total. The van der Waals surface area contributed by atoms with E-state index < -0.39 is 0 Å². The van der Waals surface area contributed by atoms with Gasteiger partial charge in [-0.05, 0) is 29.3 Å². The molecule has 0 spiro atoms. The SMILES string of the molecule is CCc1cc(=O)[nH]c2c(-c3nn[nH]n3)c(OC)ccc12. The summed E-state index contributed by atoms with van der Waals surface area (Å²) >= 11 is 0. The highest BCUT2D eigenvalue weighted by molar-refractivity contribution is 5.96. The van der Waals surface area contributed by atoms with E-state index >= 15 is 0 Å². The number of hydrogen-bond acceptors (Lipinski definition) is 5. The van der Waals surface area contributed by atoms with Crippen molar-refractivity contribution in [3.63, 3.8) is 0 Å². The number of rotatable bonds is 3. The maximum atomic E-state index is 11.8. The number of tetrazole rings is 1. The summed E-state index contributed by atoms with van der Waals surface area (Å²) in [5, 5.41) is 14.9. The first-order valence-corrected chi connectivity index (χ1v) is 6.21. The number of ether oxygens (including phenoxy) is 1. The van der Waals surface area contributed by atoms with Crippen molar-refractivity contribution >= 4 is 10.9 Å². The summed E-state index contributed by atoms with van der Waals surface area (Å²) in [6.07, 6.45) is 0.762. The van der Waals surface area contributed by atoms with E-state index in [1.54, 1.807) is 13.2 Å². The number of nitrogens with zero attached hydrogens (tertiary/aromatic N) is 3.